The zero-order chi connectivity index (χ0) is 22.9. The molecule has 1 aromatic heterocycles. The lowest BCUT2D eigenvalue weighted by Gasteiger charge is -2.19. The highest BCUT2D eigenvalue weighted by Gasteiger charge is 2.21. The maximum absolute atomic E-state index is 13.1. The molecule has 0 atom stereocenters. The molecule has 1 N–H and O–H groups in total. The van der Waals surface area contributed by atoms with Crippen LogP contribution in [-0.4, -0.2) is 23.2 Å². The summed E-state index contributed by atoms with van der Waals surface area (Å²) in [7, 11) is -3.83. The second-order valence-corrected chi connectivity index (χ2v) is 10.5. The molecule has 32 heavy (non-hydrogen) atoms. The minimum Gasteiger partial charge on any atom is -0.282 e. The van der Waals surface area contributed by atoms with Gasteiger partial charge in [0, 0.05) is 16.3 Å². The van der Waals surface area contributed by atoms with Crippen LogP contribution < -0.4 is 4.72 Å². The molecule has 0 radical (unpaired) electrons. The van der Waals surface area contributed by atoms with Crippen LogP contribution in [0.1, 0.15) is 26.3 Å². The molecule has 1 heterocycles. The van der Waals surface area contributed by atoms with Crippen LogP contribution in [-0.2, 0) is 15.4 Å². The third kappa shape index (κ3) is 4.54. The molecular formula is C24H23ClN4O2S. The van der Waals surface area contributed by atoms with E-state index in [9.17, 15) is 8.42 Å². The van der Waals surface area contributed by atoms with E-state index in [-0.39, 0.29) is 10.3 Å². The first-order chi connectivity index (χ1) is 15.1. The zero-order valence-electron chi connectivity index (χ0n) is 17.9. The molecule has 8 heteroatoms. The highest BCUT2D eigenvalue weighted by molar-refractivity contribution is 7.92. The second kappa shape index (κ2) is 8.41. The summed E-state index contributed by atoms with van der Waals surface area (Å²) in [6.07, 6.45) is 1.58. The van der Waals surface area contributed by atoms with E-state index in [1.165, 1.54) is 0 Å². The molecule has 6 nitrogen and oxygen atoms in total. The molecule has 0 aliphatic heterocycles. The number of para-hydroxylation sites is 1. The van der Waals surface area contributed by atoms with E-state index in [0.717, 1.165) is 11.3 Å². The molecule has 164 valence electrons. The van der Waals surface area contributed by atoms with E-state index in [1.54, 1.807) is 41.2 Å². The maximum Gasteiger partial charge on any atom is 0.261 e. The van der Waals surface area contributed by atoms with Crippen molar-refractivity contribution in [2.24, 2.45) is 0 Å². The van der Waals surface area contributed by atoms with E-state index in [1.807, 2.05) is 42.5 Å². The van der Waals surface area contributed by atoms with E-state index in [4.69, 9.17) is 11.6 Å². The van der Waals surface area contributed by atoms with Crippen molar-refractivity contribution in [3.63, 3.8) is 0 Å². The topological polar surface area (TPSA) is 76.9 Å². The Bertz CT molecular complexity index is 1340. The normalized spacial score (nSPS) is 12.0. The Morgan fingerprint density at radius 1 is 0.938 bits per heavy atom. The van der Waals surface area contributed by atoms with Crippen LogP contribution in [0.5, 0.6) is 0 Å². The number of sulfonamides is 1. The summed E-state index contributed by atoms with van der Waals surface area (Å²) in [4.78, 5) is 0.177. The Morgan fingerprint density at radius 3 is 2.28 bits per heavy atom. The first kappa shape index (κ1) is 22.0. The van der Waals surface area contributed by atoms with Gasteiger partial charge in [0.1, 0.15) is 6.33 Å². The lowest BCUT2D eigenvalue weighted by atomic mass is 9.87. The number of halogens is 1. The summed E-state index contributed by atoms with van der Waals surface area (Å²) in [6.45, 7) is 6.24. The van der Waals surface area contributed by atoms with Gasteiger partial charge in [-0.15, -0.1) is 10.2 Å². The van der Waals surface area contributed by atoms with Crippen molar-refractivity contribution < 1.29 is 8.42 Å². The first-order valence-corrected chi connectivity index (χ1v) is 11.9. The van der Waals surface area contributed by atoms with Crippen LogP contribution in [0, 0.1) is 0 Å². The van der Waals surface area contributed by atoms with Crippen LogP contribution in [0.2, 0.25) is 5.02 Å². The van der Waals surface area contributed by atoms with Crippen molar-refractivity contribution in [1.29, 1.82) is 0 Å². The molecule has 4 rings (SSSR count). The highest BCUT2D eigenvalue weighted by atomic mass is 35.5. The summed E-state index contributed by atoms with van der Waals surface area (Å²) in [5, 5.41) is 8.71. The summed E-state index contributed by atoms with van der Waals surface area (Å²) in [5.74, 6) is 0.472. The molecule has 3 aromatic carbocycles. The van der Waals surface area contributed by atoms with Crippen molar-refractivity contribution in [2.45, 2.75) is 31.1 Å². The third-order valence-corrected chi connectivity index (χ3v) is 6.70. The van der Waals surface area contributed by atoms with Gasteiger partial charge in [0.2, 0.25) is 0 Å². The lowest BCUT2D eigenvalue weighted by molar-refractivity contribution is 0.587. The average Bonchev–Trinajstić information content (AvgIpc) is 3.25. The Balaban J connectivity index is 1.74. The zero-order valence-corrected chi connectivity index (χ0v) is 19.5. The Kier molecular flexibility index (Phi) is 5.79. The van der Waals surface area contributed by atoms with E-state index < -0.39 is 10.0 Å². The van der Waals surface area contributed by atoms with Crippen molar-refractivity contribution in [3.05, 3.63) is 89.7 Å². The van der Waals surface area contributed by atoms with Gasteiger partial charge in [0.05, 0.1) is 10.6 Å². The fourth-order valence-corrected chi connectivity index (χ4v) is 4.58. The standard InChI is InChI=1S/C24H23ClN4O2S/c1-24(2,3)17-9-12-20(13-10-17)32(30,31)28-22-14-11-18(25)15-21(22)23-27-26-16-29(23)19-7-5-4-6-8-19/h4-16,28H,1-3H3. The molecule has 0 fully saturated rings. The van der Waals surface area contributed by atoms with Gasteiger partial charge in [-0.3, -0.25) is 9.29 Å². The van der Waals surface area contributed by atoms with E-state index in [2.05, 4.69) is 35.7 Å². The predicted octanol–water partition coefficient (Wildman–Crippen LogP) is 5.69. The van der Waals surface area contributed by atoms with Gasteiger partial charge < -0.3 is 0 Å². The molecule has 0 bridgehead atoms. The van der Waals surface area contributed by atoms with Crippen LogP contribution in [0.3, 0.4) is 0 Å². The monoisotopic (exact) mass is 466 g/mol. The highest BCUT2D eigenvalue weighted by Crippen LogP contribution is 2.33. The number of nitrogens with one attached hydrogen (secondary N) is 1. The average molecular weight is 467 g/mol. The summed E-state index contributed by atoms with van der Waals surface area (Å²) in [5.41, 5.74) is 2.72. The number of nitrogens with zero attached hydrogens (tertiary/aromatic N) is 3. The smallest absolute Gasteiger partial charge is 0.261 e. The second-order valence-electron chi connectivity index (χ2n) is 8.43. The van der Waals surface area contributed by atoms with Crippen LogP contribution in [0.15, 0.2) is 84.0 Å². The number of aromatic nitrogens is 3. The number of hydrogen-bond donors (Lipinski definition) is 1. The van der Waals surface area contributed by atoms with Gasteiger partial charge in [-0.25, -0.2) is 8.42 Å². The van der Waals surface area contributed by atoms with Crippen molar-refractivity contribution >= 4 is 27.3 Å². The number of rotatable bonds is 5. The molecule has 0 aliphatic rings. The lowest BCUT2D eigenvalue weighted by Crippen LogP contribution is -2.15. The minimum absolute atomic E-state index is 0.0689. The van der Waals surface area contributed by atoms with Gasteiger partial charge in [0.25, 0.3) is 10.0 Å². The van der Waals surface area contributed by atoms with Gasteiger partial charge in [-0.1, -0.05) is 62.7 Å². The SMILES string of the molecule is CC(C)(C)c1ccc(S(=O)(=O)Nc2ccc(Cl)cc2-c2nncn2-c2ccccc2)cc1. The van der Waals surface area contributed by atoms with Gasteiger partial charge in [0.15, 0.2) is 5.82 Å². The summed E-state index contributed by atoms with van der Waals surface area (Å²) >= 11 is 6.25. The third-order valence-electron chi connectivity index (χ3n) is 5.08. The molecule has 0 aliphatic carbocycles. The fraction of sp³-hybridized carbons (Fsp3) is 0.167. The van der Waals surface area contributed by atoms with Crippen LogP contribution in [0.4, 0.5) is 5.69 Å². The van der Waals surface area contributed by atoms with Gasteiger partial charge >= 0.3 is 0 Å². The minimum atomic E-state index is -3.83. The summed E-state index contributed by atoms with van der Waals surface area (Å²) in [6, 6.07) is 21.4. The first-order valence-electron chi connectivity index (χ1n) is 10.0. The molecule has 0 saturated carbocycles. The number of benzene rings is 3. The number of hydrogen-bond acceptors (Lipinski definition) is 4. The molecule has 4 aromatic rings. The van der Waals surface area contributed by atoms with E-state index in [0.29, 0.717) is 22.1 Å². The quantitative estimate of drug-likeness (QED) is 0.410. The van der Waals surface area contributed by atoms with Crippen LogP contribution >= 0.6 is 11.6 Å². The Morgan fingerprint density at radius 2 is 1.62 bits per heavy atom. The van der Waals surface area contributed by atoms with Gasteiger partial charge in [-0.2, -0.15) is 0 Å². The van der Waals surface area contributed by atoms with Crippen molar-refractivity contribution in [1.82, 2.24) is 14.8 Å². The number of anilines is 1. The van der Waals surface area contributed by atoms with Crippen molar-refractivity contribution in [2.75, 3.05) is 4.72 Å². The summed E-state index contributed by atoms with van der Waals surface area (Å²) < 4.78 is 30.7. The van der Waals surface area contributed by atoms with Crippen molar-refractivity contribution in [3.8, 4) is 17.1 Å². The molecular weight excluding hydrogens is 444 g/mol. The molecule has 0 amide bonds. The predicted molar refractivity (Wildman–Crippen MR) is 128 cm³/mol. The molecule has 0 spiro atoms. The Hall–Kier alpha value is -3.16. The van der Waals surface area contributed by atoms with E-state index >= 15 is 0 Å². The largest absolute Gasteiger partial charge is 0.282 e. The molecule has 0 unspecified atom stereocenters. The molecule has 0 saturated heterocycles. The van der Waals surface area contributed by atoms with Crippen LogP contribution in [0.25, 0.3) is 17.1 Å². The maximum atomic E-state index is 13.1. The Labute approximate surface area is 193 Å². The van der Waals surface area contributed by atoms with Gasteiger partial charge in [-0.05, 0) is 53.4 Å². The fourth-order valence-electron chi connectivity index (χ4n) is 3.32.